The number of fused-ring (bicyclic) bond motifs is 1. The third kappa shape index (κ3) is 8.71. The number of amides is 3. The molecule has 1 aliphatic heterocycles. The van der Waals surface area contributed by atoms with Crippen LogP contribution in [0.15, 0.2) is 47.5 Å². The molecule has 0 saturated heterocycles. The van der Waals surface area contributed by atoms with Gasteiger partial charge in [0, 0.05) is 35.8 Å². The van der Waals surface area contributed by atoms with Gasteiger partial charge in [0.05, 0.1) is 17.5 Å². The summed E-state index contributed by atoms with van der Waals surface area (Å²) >= 11 is 0. The number of alkyl halides is 6. The van der Waals surface area contributed by atoms with Crippen LogP contribution in [0.4, 0.5) is 32.0 Å². The molecule has 1 saturated carbocycles. The molecule has 2 aliphatic rings. The number of carbonyl (C=O) groups is 3. The number of hydrogen-bond acceptors (Lipinski definition) is 5. The first-order valence-corrected chi connectivity index (χ1v) is 13.6. The highest BCUT2D eigenvalue weighted by atomic mass is 19.4. The normalized spacial score (nSPS) is 18.4. The molecule has 3 atom stereocenters. The molecule has 2 aromatic rings. The highest BCUT2D eigenvalue weighted by Crippen LogP contribution is 2.37. The van der Waals surface area contributed by atoms with Crippen LogP contribution < -0.4 is 21.1 Å². The number of rotatable bonds is 11. The topological polar surface area (TPSA) is 123 Å². The lowest BCUT2D eigenvalue weighted by atomic mass is 9.83. The summed E-state index contributed by atoms with van der Waals surface area (Å²) in [5.74, 6) is -6.94. The number of anilines is 1. The number of ether oxygens (including phenoxy) is 1. The molecule has 43 heavy (non-hydrogen) atoms. The third-order valence-corrected chi connectivity index (χ3v) is 7.09. The summed E-state index contributed by atoms with van der Waals surface area (Å²) in [4.78, 5) is 43.4. The molecule has 232 valence electrons. The quantitative estimate of drug-likeness (QED) is 0.303. The molecule has 0 unspecified atom stereocenters. The number of benzodiazepines with no additional fused rings is 1. The first-order valence-electron chi connectivity index (χ1n) is 13.6. The summed E-state index contributed by atoms with van der Waals surface area (Å²) in [6.45, 7) is 1.83. The molecule has 3 amide bonds. The SMILES string of the molecule is Cc1cccc(C2=N[C@H](NC(=O)[C@@H](CCC(F)(F)F)[C@@H](CCC(F)(F)F)C(N)=O)C(=O)Nc3c(OC4CC4)cccc32)c1. The average Bonchev–Trinajstić information content (AvgIpc) is 3.72. The van der Waals surface area contributed by atoms with E-state index in [4.69, 9.17) is 10.5 Å². The fourth-order valence-corrected chi connectivity index (χ4v) is 4.83. The van der Waals surface area contributed by atoms with Gasteiger partial charge in [-0.15, -0.1) is 0 Å². The van der Waals surface area contributed by atoms with Crippen LogP contribution in [0.1, 0.15) is 55.2 Å². The molecule has 4 N–H and O–H groups in total. The molecule has 1 fully saturated rings. The Labute approximate surface area is 243 Å². The zero-order valence-electron chi connectivity index (χ0n) is 23.0. The summed E-state index contributed by atoms with van der Waals surface area (Å²) in [6.07, 6.45) is -14.8. The first-order chi connectivity index (χ1) is 20.1. The fraction of sp³-hybridized carbons (Fsp3) is 0.448. The van der Waals surface area contributed by atoms with E-state index >= 15 is 0 Å². The number of aryl methyl sites for hydroxylation is 1. The molecule has 0 radical (unpaired) electrons. The van der Waals surface area contributed by atoms with Crippen LogP contribution >= 0.6 is 0 Å². The summed E-state index contributed by atoms with van der Waals surface area (Å²) in [5.41, 5.74) is 7.63. The van der Waals surface area contributed by atoms with E-state index in [0.717, 1.165) is 18.4 Å². The molecule has 8 nitrogen and oxygen atoms in total. The number of halogens is 6. The maximum absolute atomic E-state index is 13.4. The van der Waals surface area contributed by atoms with Gasteiger partial charge in [-0.05, 0) is 44.7 Å². The van der Waals surface area contributed by atoms with E-state index in [1.165, 1.54) is 0 Å². The number of hydrogen-bond donors (Lipinski definition) is 3. The van der Waals surface area contributed by atoms with Crippen LogP contribution in [0.5, 0.6) is 5.75 Å². The molecule has 0 spiro atoms. The highest BCUT2D eigenvalue weighted by Gasteiger charge is 2.41. The molecule has 2 aromatic carbocycles. The molecular formula is C29H30F6N4O4. The fourth-order valence-electron chi connectivity index (χ4n) is 4.83. The second-order valence-electron chi connectivity index (χ2n) is 10.7. The van der Waals surface area contributed by atoms with E-state index in [1.807, 2.05) is 13.0 Å². The van der Waals surface area contributed by atoms with E-state index in [-0.39, 0.29) is 17.5 Å². The van der Waals surface area contributed by atoms with Crippen molar-refractivity contribution in [2.45, 2.75) is 70.1 Å². The summed E-state index contributed by atoms with van der Waals surface area (Å²) in [6, 6.07) is 12.1. The smallest absolute Gasteiger partial charge is 0.389 e. The standard InChI is InChI=1S/C29H30F6N4O4/c1-15-4-2-5-16(14-15)22-20-6-3-7-21(43-17-8-9-17)23(20)38-27(42)25(37-22)39-26(41)19(11-13-29(33,34)35)18(24(36)40)10-12-28(30,31)32/h2-7,14,17-19,25H,8-13H2,1H3,(H2,36,40)(H,38,42)(H,39,41)/t18-,19+,25-/m1/s1. The van der Waals surface area contributed by atoms with Crippen molar-refractivity contribution in [1.29, 1.82) is 0 Å². The number of nitrogens with one attached hydrogen (secondary N) is 2. The van der Waals surface area contributed by atoms with Crippen LogP contribution in [0.3, 0.4) is 0 Å². The lowest BCUT2D eigenvalue weighted by Gasteiger charge is -2.26. The highest BCUT2D eigenvalue weighted by molar-refractivity contribution is 6.20. The van der Waals surface area contributed by atoms with Gasteiger partial charge in [0.25, 0.3) is 5.91 Å². The minimum Gasteiger partial charge on any atom is -0.488 e. The van der Waals surface area contributed by atoms with Gasteiger partial charge >= 0.3 is 12.4 Å². The molecule has 4 rings (SSSR count). The van der Waals surface area contributed by atoms with Gasteiger partial charge < -0.3 is 21.1 Å². The van der Waals surface area contributed by atoms with Gasteiger partial charge in [-0.3, -0.25) is 14.4 Å². The molecular weight excluding hydrogens is 582 g/mol. The van der Waals surface area contributed by atoms with E-state index in [0.29, 0.717) is 16.9 Å². The largest absolute Gasteiger partial charge is 0.488 e. The number of benzene rings is 2. The molecule has 0 aromatic heterocycles. The van der Waals surface area contributed by atoms with Gasteiger partial charge in [-0.2, -0.15) is 26.3 Å². The Morgan fingerprint density at radius 3 is 2.23 bits per heavy atom. The maximum Gasteiger partial charge on any atom is 0.389 e. The molecule has 1 aliphatic carbocycles. The van der Waals surface area contributed by atoms with Gasteiger partial charge in [-0.25, -0.2) is 4.99 Å². The minimum atomic E-state index is -4.78. The van der Waals surface area contributed by atoms with Crippen molar-refractivity contribution in [3.8, 4) is 5.75 Å². The second kappa shape index (κ2) is 12.6. The number of nitrogens with zero attached hydrogens (tertiary/aromatic N) is 1. The van der Waals surface area contributed by atoms with E-state index in [2.05, 4.69) is 15.6 Å². The van der Waals surface area contributed by atoms with E-state index in [9.17, 15) is 40.7 Å². The van der Waals surface area contributed by atoms with Crippen molar-refractivity contribution in [2.75, 3.05) is 5.32 Å². The van der Waals surface area contributed by atoms with Crippen LogP contribution in [0.25, 0.3) is 0 Å². The van der Waals surface area contributed by atoms with Crippen molar-refractivity contribution in [3.05, 3.63) is 59.2 Å². The Bertz CT molecular complexity index is 1400. The Morgan fingerprint density at radius 2 is 1.65 bits per heavy atom. The molecule has 0 bridgehead atoms. The Morgan fingerprint density at radius 1 is 1.02 bits per heavy atom. The van der Waals surface area contributed by atoms with Crippen LogP contribution in [-0.4, -0.2) is 48.1 Å². The monoisotopic (exact) mass is 612 g/mol. The van der Waals surface area contributed by atoms with Gasteiger partial charge in [0.15, 0.2) is 0 Å². The van der Waals surface area contributed by atoms with Crippen LogP contribution in [-0.2, 0) is 14.4 Å². The third-order valence-electron chi connectivity index (χ3n) is 7.09. The van der Waals surface area contributed by atoms with Crippen molar-refractivity contribution in [2.24, 2.45) is 22.6 Å². The van der Waals surface area contributed by atoms with Crippen molar-refractivity contribution >= 4 is 29.1 Å². The Balaban J connectivity index is 1.71. The number of aliphatic imine (C=N–C) groups is 1. The Hall–Kier alpha value is -4.10. The zero-order valence-corrected chi connectivity index (χ0v) is 23.0. The number of carbonyl (C=O) groups excluding carboxylic acids is 3. The number of nitrogens with two attached hydrogens (primary N) is 1. The lowest BCUT2D eigenvalue weighted by molar-refractivity contribution is -0.152. The van der Waals surface area contributed by atoms with Gasteiger partial charge in [0.1, 0.15) is 5.75 Å². The van der Waals surface area contributed by atoms with Gasteiger partial charge in [0.2, 0.25) is 18.0 Å². The van der Waals surface area contributed by atoms with E-state index in [1.54, 1.807) is 36.4 Å². The number of primary amides is 1. The predicted molar refractivity (Wildman–Crippen MR) is 144 cm³/mol. The minimum absolute atomic E-state index is 0.0432. The van der Waals surface area contributed by atoms with Crippen molar-refractivity contribution in [3.63, 3.8) is 0 Å². The number of para-hydroxylation sites is 1. The van der Waals surface area contributed by atoms with Gasteiger partial charge in [-0.1, -0.05) is 35.9 Å². The predicted octanol–water partition coefficient (Wildman–Crippen LogP) is 5.17. The second-order valence-corrected chi connectivity index (χ2v) is 10.7. The molecule has 1 heterocycles. The lowest BCUT2D eigenvalue weighted by Crippen LogP contribution is -2.48. The van der Waals surface area contributed by atoms with Crippen molar-refractivity contribution < 1.29 is 45.5 Å². The van der Waals surface area contributed by atoms with E-state index < -0.39 is 73.8 Å². The first kappa shape index (κ1) is 31.8. The van der Waals surface area contributed by atoms with Crippen LogP contribution in [0.2, 0.25) is 0 Å². The Kier molecular flexibility index (Phi) is 9.35. The maximum atomic E-state index is 13.4. The van der Waals surface area contributed by atoms with Crippen LogP contribution in [0, 0.1) is 18.8 Å². The average molecular weight is 613 g/mol. The summed E-state index contributed by atoms with van der Waals surface area (Å²) < 4.78 is 84.2. The summed E-state index contributed by atoms with van der Waals surface area (Å²) in [7, 11) is 0. The molecule has 14 heteroatoms. The van der Waals surface area contributed by atoms with Crippen molar-refractivity contribution in [1.82, 2.24) is 5.32 Å². The summed E-state index contributed by atoms with van der Waals surface area (Å²) in [5, 5.41) is 4.94. The zero-order chi connectivity index (χ0) is 31.5.